The molecule has 61 valence electrons. The molecule has 3 heteroatoms. The van der Waals surface area contributed by atoms with Crippen LogP contribution in [-0.2, 0) is 52.1 Å². The number of hydrogen-bond donors (Lipinski definition) is 0. The molecule has 0 amide bonds. The molecule has 12 heavy (non-hydrogen) atoms. The molecule has 0 atom stereocenters. The summed E-state index contributed by atoms with van der Waals surface area (Å²) in [7, 11) is 0. The van der Waals surface area contributed by atoms with E-state index in [0.29, 0.717) is 0 Å². The van der Waals surface area contributed by atoms with Crippen molar-refractivity contribution >= 4 is 16.8 Å². The first kappa shape index (κ1) is 15.0. The van der Waals surface area contributed by atoms with Gasteiger partial charge in [-0.3, -0.25) is 0 Å². The van der Waals surface area contributed by atoms with Crippen LogP contribution in [0.5, 0.6) is 0 Å². The van der Waals surface area contributed by atoms with Gasteiger partial charge in [-0.25, -0.2) is 0 Å². The van der Waals surface area contributed by atoms with Crippen LogP contribution in [0.3, 0.4) is 0 Å². The fraction of sp³-hybridized carbons (Fsp3) is 0. The molecule has 1 radical (unpaired) electrons. The van der Waals surface area contributed by atoms with Crippen molar-refractivity contribution in [3.63, 3.8) is 0 Å². The average Bonchev–Trinajstić information content (AvgIpc) is 2.04. The Hall–Kier alpha value is 0.552. The van der Waals surface area contributed by atoms with Gasteiger partial charge in [0.2, 0.25) is 0 Å². The van der Waals surface area contributed by atoms with E-state index in [0.717, 1.165) is 11.3 Å². The number of aliphatic imine (C=N–C) groups is 1. The minimum atomic E-state index is 0. The van der Waals surface area contributed by atoms with Crippen LogP contribution in [0.1, 0.15) is 5.56 Å². The largest absolute Gasteiger partial charge is 0.358 e. The van der Waals surface area contributed by atoms with Crippen molar-refractivity contribution in [3.05, 3.63) is 37.3 Å². The quantitative estimate of drug-likeness (QED) is 0.529. The summed E-state index contributed by atoms with van der Waals surface area (Å²) in [5.41, 5.74) is 1.79. The van der Waals surface area contributed by atoms with Crippen LogP contribution in [0.15, 0.2) is 29.3 Å². The third-order valence-electron chi connectivity index (χ3n) is 1.15. The molecule has 0 aromatic heterocycles. The molecule has 0 unspecified atom stereocenters. The van der Waals surface area contributed by atoms with Crippen molar-refractivity contribution in [3.8, 4) is 0 Å². The molecule has 0 N–H and O–H groups in total. The second-order valence-electron chi connectivity index (χ2n) is 1.75. The zero-order valence-electron chi connectivity index (χ0n) is 6.82. The van der Waals surface area contributed by atoms with E-state index in [1.54, 1.807) is 0 Å². The van der Waals surface area contributed by atoms with Gasteiger partial charge in [-0.2, -0.15) is 0 Å². The van der Waals surface area contributed by atoms with Crippen LogP contribution in [0, 0.1) is 7.43 Å². The van der Waals surface area contributed by atoms with Crippen molar-refractivity contribution in [2.24, 2.45) is 4.99 Å². The van der Waals surface area contributed by atoms with Crippen molar-refractivity contribution in [2.45, 2.75) is 0 Å². The molecule has 0 fully saturated rings. The summed E-state index contributed by atoms with van der Waals surface area (Å²) in [6.07, 6.45) is 0. The molecular formula is C9H8NWY-3. The molecule has 0 aliphatic rings. The minimum Gasteiger partial charge on any atom is -0.358 e. The van der Waals surface area contributed by atoms with Gasteiger partial charge in [0, 0.05) is 32.7 Å². The van der Waals surface area contributed by atoms with E-state index in [-0.39, 0.29) is 40.1 Å². The van der Waals surface area contributed by atoms with Gasteiger partial charge < -0.3 is 7.43 Å². The van der Waals surface area contributed by atoms with Crippen LogP contribution >= 0.6 is 0 Å². The summed E-state index contributed by atoms with van der Waals surface area (Å²) in [6, 6.07) is 7.66. The van der Waals surface area contributed by atoms with Gasteiger partial charge >= 0.3 is 71.0 Å². The Labute approximate surface area is 110 Å². The second-order valence-corrected chi connectivity index (χ2v) is 2.48. The van der Waals surface area contributed by atoms with Crippen molar-refractivity contribution in [1.82, 2.24) is 0 Å². The third-order valence-corrected chi connectivity index (χ3v) is 1.94. The molecule has 0 saturated carbocycles. The zero-order valence-corrected chi connectivity index (χ0v) is 12.6. The number of nitrogens with zero attached hydrogens (tertiary/aromatic N) is 1. The van der Waals surface area contributed by atoms with E-state index < -0.39 is 0 Å². The van der Waals surface area contributed by atoms with E-state index in [1.807, 2.05) is 24.3 Å². The van der Waals surface area contributed by atoms with Crippen LogP contribution in [0.2, 0.25) is 0 Å². The molecular weight excluding hydrogens is 395 g/mol. The summed E-state index contributed by atoms with van der Waals surface area (Å²) in [6.45, 7) is 5.12. The molecule has 0 aliphatic carbocycles. The molecule has 0 heterocycles. The van der Waals surface area contributed by atoms with Crippen molar-refractivity contribution in [2.75, 3.05) is 0 Å². The fourth-order valence-electron chi connectivity index (χ4n) is 0.673. The van der Waals surface area contributed by atoms with E-state index in [1.165, 1.54) is 19.4 Å². The number of hydrogen-bond acceptors (Lipinski definition) is 1. The third kappa shape index (κ3) is 3.98. The predicted molar refractivity (Wildman–Crippen MR) is 45.1 cm³/mol. The molecule has 0 bridgehead atoms. The Morgan fingerprint density at radius 3 is 2.33 bits per heavy atom. The Bertz CT molecular complexity index is 233. The summed E-state index contributed by atoms with van der Waals surface area (Å²) < 4.78 is 3.06. The average molecular weight is 403 g/mol. The Morgan fingerprint density at radius 1 is 1.33 bits per heavy atom. The monoisotopic (exact) mass is 403 g/mol. The van der Waals surface area contributed by atoms with Gasteiger partial charge in [0.05, 0.1) is 0 Å². The summed E-state index contributed by atoms with van der Waals surface area (Å²) in [5.74, 6) is 0. The van der Waals surface area contributed by atoms with Gasteiger partial charge in [-0.15, -0.1) is 0 Å². The smallest absolute Gasteiger partial charge is 0 e. The fourth-order valence-corrected chi connectivity index (χ4v) is 1.29. The Balaban J connectivity index is 0. The van der Waals surface area contributed by atoms with Crippen LogP contribution in [-0.4, -0.2) is 11.1 Å². The minimum absolute atomic E-state index is 0. The number of benzene rings is 1. The first-order valence-electron chi connectivity index (χ1n) is 2.76. The Kier molecular flexibility index (Phi) is 10.2. The van der Waals surface area contributed by atoms with Crippen LogP contribution in [0.25, 0.3) is 0 Å². The molecule has 1 aromatic carbocycles. The maximum Gasteiger partial charge on any atom is 0 e. The maximum absolute atomic E-state index is 5.12. The molecule has 1 rings (SSSR count). The second kappa shape index (κ2) is 8.16. The van der Waals surface area contributed by atoms with Gasteiger partial charge in [-0.05, 0) is 0 Å². The normalized spacial score (nSPS) is 7.33. The topological polar surface area (TPSA) is 12.4 Å². The Morgan fingerprint density at radius 2 is 1.92 bits per heavy atom. The molecule has 0 aliphatic heterocycles. The van der Waals surface area contributed by atoms with Gasteiger partial charge in [0.1, 0.15) is 0 Å². The SMILES string of the molecule is [CH-]=Nc1ccccc1[C-]=[W].[CH3-].[Y]. The molecule has 1 aromatic rings. The van der Waals surface area contributed by atoms with E-state index in [2.05, 4.69) is 9.39 Å². The van der Waals surface area contributed by atoms with Gasteiger partial charge in [0.15, 0.2) is 0 Å². The van der Waals surface area contributed by atoms with Crippen molar-refractivity contribution in [1.29, 1.82) is 0 Å². The predicted octanol–water partition coefficient (Wildman–Crippen LogP) is 1.92. The number of para-hydroxylation sites is 1. The molecule has 0 spiro atoms. The van der Waals surface area contributed by atoms with E-state index in [4.69, 9.17) is 6.72 Å². The van der Waals surface area contributed by atoms with Crippen molar-refractivity contribution < 1.29 is 52.1 Å². The summed E-state index contributed by atoms with van der Waals surface area (Å²) in [4.78, 5) is 3.59. The van der Waals surface area contributed by atoms with E-state index in [9.17, 15) is 0 Å². The van der Waals surface area contributed by atoms with E-state index >= 15 is 0 Å². The van der Waals surface area contributed by atoms with Gasteiger partial charge in [-0.1, -0.05) is 0 Å². The first-order chi connectivity index (χ1) is 4.88. The maximum atomic E-state index is 5.12. The standard InChI is InChI=1S/C8H5N.CH3.W.Y/c1-7-5-3-4-6-8(7)9-2;;;/h2-6H;1H3;;/q-2;-1;;. The molecule has 1 nitrogen and oxygen atoms in total. The van der Waals surface area contributed by atoms with Gasteiger partial charge in [0.25, 0.3) is 0 Å². The van der Waals surface area contributed by atoms with Crippen LogP contribution in [0.4, 0.5) is 5.69 Å². The number of rotatable bonds is 2. The summed E-state index contributed by atoms with van der Waals surface area (Å²) >= 11 is 1.28. The first-order valence-corrected chi connectivity index (χ1v) is 4.23. The molecule has 0 saturated heterocycles. The summed E-state index contributed by atoms with van der Waals surface area (Å²) in [5, 5.41) is 0. The van der Waals surface area contributed by atoms with Crippen LogP contribution < -0.4 is 0 Å². The zero-order chi connectivity index (χ0) is 7.40.